The van der Waals surface area contributed by atoms with Crippen molar-refractivity contribution in [1.29, 1.82) is 0 Å². The van der Waals surface area contributed by atoms with Crippen LogP contribution in [0.25, 0.3) is 0 Å². The zero-order chi connectivity index (χ0) is 20.9. The van der Waals surface area contributed by atoms with Crippen molar-refractivity contribution < 1.29 is 19.1 Å². The number of piperazine rings is 1. The minimum absolute atomic E-state index is 0.00513. The number of halogens is 1. The van der Waals surface area contributed by atoms with Crippen LogP contribution in [0.4, 0.5) is 4.79 Å². The molecule has 1 aliphatic rings. The van der Waals surface area contributed by atoms with Crippen LogP contribution in [0, 0.1) is 0 Å². The highest BCUT2D eigenvalue weighted by molar-refractivity contribution is 6.30. The average Bonchev–Trinajstić information content (AvgIpc) is 2.59. The number of hydrogen-bond acceptors (Lipinski definition) is 4. The van der Waals surface area contributed by atoms with Gasteiger partial charge in [-0.05, 0) is 38.5 Å². The Kier molecular flexibility index (Phi) is 7.29. The topological polar surface area (TPSA) is 79.0 Å². The summed E-state index contributed by atoms with van der Waals surface area (Å²) >= 11 is 6.05. The van der Waals surface area contributed by atoms with Gasteiger partial charge in [0.1, 0.15) is 11.6 Å². The lowest BCUT2D eigenvalue weighted by Gasteiger charge is -2.36. The minimum Gasteiger partial charge on any atom is -0.444 e. The van der Waals surface area contributed by atoms with E-state index < -0.39 is 17.7 Å². The van der Waals surface area contributed by atoms with Gasteiger partial charge in [-0.1, -0.05) is 23.7 Å². The number of carbonyl (C=O) groups is 3. The molecule has 1 aliphatic heterocycles. The predicted octanol–water partition coefficient (Wildman–Crippen LogP) is 2.47. The van der Waals surface area contributed by atoms with E-state index >= 15 is 0 Å². The van der Waals surface area contributed by atoms with Gasteiger partial charge >= 0.3 is 6.09 Å². The molecule has 2 rings (SSSR count). The molecule has 1 fully saturated rings. The monoisotopic (exact) mass is 409 g/mol. The van der Waals surface area contributed by atoms with Gasteiger partial charge < -0.3 is 19.9 Å². The normalized spacial score (nSPS) is 15.8. The molecule has 0 spiro atoms. The van der Waals surface area contributed by atoms with Crippen molar-refractivity contribution in [3.63, 3.8) is 0 Å². The van der Waals surface area contributed by atoms with Crippen molar-refractivity contribution >= 4 is 29.5 Å². The highest BCUT2D eigenvalue weighted by Gasteiger charge is 2.30. The molecule has 1 aromatic carbocycles. The zero-order valence-corrected chi connectivity index (χ0v) is 17.6. The molecule has 0 radical (unpaired) electrons. The number of carbonyl (C=O) groups excluding carboxylic acids is 3. The summed E-state index contributed by atoms with van der Waals surface area (Å²) in [5, 5.41) is 3.26. The maximum absolute atomic E-state index is 13.1. The second kappa shape index (κ2) is 9.28. The average molecular weight is 410 g/mol. The molecule has 28 heavy (non-hydrogen) atoms. The molecular formula is C20H28ClN3O4. The number of benzene rings is 1. The number of alkyl carbamates (subject to hydrolysis) is 1. The summed E-state index contributed by atoms with van der Waals surface area (Å²) in [4.78, 5) is 40.2. The predicted molar refractivity (Wildman–Crippen MR) is 107 cm³/mol. The summed E-state index contributed by atoms with van der Waals surface area (Å²) in [5.74, 6) is -0.205. The summed E-state index contributed by atoms with van der Waals surface area (Å²) in [6.45, 7) is 8.64. The second-order valence-corrected chi connectivity index (χ2v) is 8.30. The Morgan fingerprint density at radius 1 is 1.14 bits per heavy atom. The van der Waals surface area contributed by atoms with Crippen molar-refractivity contribution in [3.05, 3.63) is 34.9 Å². The van der Waals surface area contributed by atoms with Gasteiger partial charge in [-0.25, -0.2) is 4.79 Å². The molecule has 1 N–H and O–H groups in total. The minimum atomic E-state index is -0.780. The second-order valence-electron chi connectivity index (χ2n) is 7.86. The van der Waals surface area contributed by atoms with Crippen LogP contribution in [0.1, 0.15) is 33.3 Å². The molecule has 0 unspecified atom stereocenters. The molecule has 0 aromatic heterocycles. The first-order chi connectivity index (χ1) is 13.0. The molecule has 1 heterocycles. The largest absolute Gasteiger partial charge is 0.444 e. The third-order valence-corrected chi connectivity index (χ3v) is 4.59. The van der Waals surface area contributed by atoms with E-state index in [4.69, 9.17) is 16.3 Å². The fraction of sp³-hybridized carbons (Fsp3) is 0.550. The van der Waals surface area contributed by atoms with E-state index in [1.165, 1.54) is 6.92 Å². The van der Waals surface area contributed by atoms with Crippen LogP contribution in [0.2, 0.25) is 5.02 Å². The van der Waals surface area contributed by atoms with Crippen molar-refractivity contribution in [2.45, 2.75) is 45.8 Å². The van der Waals surface area contributed by atoms with Crippen LogP contribution >= 0.6 is 11.6 Å². The molecule has 1 atom stereocenters. The summed E-state index contributed by atoms with van der Waals surface area (Å²) < 4.78 is 5.32. The third-order valence-electron chi connectivity index (χ3n) is 4.35. The lowest BCUT2D eigenvalue weighted by Crippen LogP contribution is -2.56. The van der Waals surface area contributed by atoms with Crippen molar-refractivity contribution in [1.82, 2.24) is 15.1 Å². The fourth-order valence-electron chi connectivity index (χ4n) is 3.01. The van der Waals surface area contributed by atoms with Crippen LogP contribution in [-0.2, 0) is 20.7 Å². The molecule has 8 heteroatoms. The van der Waals surface area contributed by atoms with Gasteiger partial charge in [0.05, 0.1) is 0 Å². The van der Waals surface area contributed by atoms with E-state index in [0.29, 0.717) is 37.6 Å². The molecule has 1 saturated heterocycles. The van der Waals surface area contributed by atoms with Crippen LogP contribution in [0.5, 0.6) is 0 Å². The molecule has 154 valence electrons. The first-order valence-electron chi connectivity index (χ1n) is 9.33. The summed E-state index contributed by atoms with van der Waals surface area (Å²) in [6.07, 6.45) is -0.346. The number of hydrogen-bond donors (Lipinski definition) is 1. The van der Waals surface area contributed by atoms with Crippen molar-refractivity contribution in [3.8, 4) is 0 Å². The standard InChI is InChI=1S/C20H28ClN3O4/c1-14(25)23-8-10-24(11-9-23)18(26)17(22-19(27)28-20(2,3)4)13-15-6-5-7-16(21)12-15/h5-7,12,17H,8-11,13H2,1-4H3,(H,22,27)/t17-/m0/s1. The lowest BCUT2D eigenvalue weighted by atomic mass is 10.0. The van der Waals surface area contributed by atoms with Crippen LogP contribution in [-0.4, -0.2) is 65.5 Å². The first-order valence-corrected chi connectivity index (χ1v) is 9.71. The van der Waals surface area contributed by atoms with Gasteiger partial charge in [0.15, 0.2) is 0 Å². The lowest BCUT2D eigenvalue weighted by molar-refractivity contribution is -0.139. The van der Waals surface area contributed by atoms with Crippen molar-refractivity contribution in [2.24, 2.45) is 0 Å². The number of nitrogens with one attached hydrogen (secondary N) is 1. The highest BCUT2D eigenvalue weighted by atomic mass is 35.5. The SMILES string of the molecule is CC(=O)N1CCN(C(=O)[C@H](Cc2cccc(Cl)c2)NC(=O)OC(C)(C)C)CC1. The quantitative estimate of drug-likeness (QED) is 0.828. The van der Waals surface area contributed by atoms with Gasteiger partial charge in [-0.2, -0.15) is 0 Å². The van der Waals surface area contributed by atoms with Crippen LogP contribution in [0.3, 0.4) is 0 Å². The van der Waals surface area contributed by atoms with E-state index in [1.807, 2.05) is 6.07 Å². The van der Waals surface area contributed by atoms with Crippen LogP contribution in [0.15, 0.2) is 24.3 Å². The maximum atomic E-state index is 13.1. The first kappa shape index (κ1) is 22.0. The van der Waals surface area contributed by atoms with Gasteiger partial charge in [0.2, 0.25) is 11.8 Å². The summed E-state index contributed by atoms with van der Waals surface area (Å²) in [5.41, 5.74) is 0.171. The molecule has 0 aliphatic carbocycles. The van der Waals surface area contributed by atoms with Crippen molar-refractivity contribution in [2.75, 3.05) is 26.2 Å². The molecule has 3 amide bonds. The Morgan fingerprint density at radius 3 is 2.29 bits per heavy atom. The Bertz CT molecular complexity index is 724. The Labute approximate surface area is 171 Å². The molecule has 0 bridgehead atoms. The number of nitrogens with zero attached hydrogens (tertiary/aromatic N) is 2. The molecule has 0 saturated carbocycles. The van der Waals surface area contributed by atoms with E-state index in [2.05, 4.69) is 5.32 Å². The number of ether oxygens (including phenoxy) is 1. The van der Waals surface area contributed by atoms with Gasteiger partial charge in [-0.3, -0.25) is 9.59 Å². The third kappa shape index (κ3) is 6.71. The number of rotatable bonds is 4. The molecule has 7 nitrogen and oxygen atoms in total. The molecule has 1 aromatic rings. The van der Waals surface area contributed by atoms with E-state index in [-0.39, 0.29) is 11.8 Å². The fourth-order valence-corrected chi connectivity index (χ4v) is 3.22. The number of amides is 3. The summed E-state index contributed by atoms with van der Waals surface area (Å²) in [7, 11) is 0. The van der Waals surface area contributed by atoms with Gasteiger partial charge in [0.25, 0.3) is 0 Å². The van der Waals surface area contributed by atoms with E-state index in [9.17, 15) is 14.4 Å². The Balaban J connectivity index is 2.11. The zero-order valence-electron chi connectivity index (χ0n) is 16.8. The Hall–Kier alpha value is -2.28. The highest BCUT2D eigenvalue weighted by Crippen LogP contribution is 2.15. The van der Waals surface area contributed by atoms with E-state index in [1.54, 1.807) is 48.8 Å². The Morgan fingerprint density at radius 2 is 1.75 bits per heavy atom. The maximum Gasteiger partial charge on any atom is 0.408 e. The molecular weight excluding hydrogens is 382 g/mol. The van der Waals surface area contributed by atoms with Gasteiger partial charge in [-0.15, -0.1) is 0 Å². The van der Waals surface area contributed by atoms with Gasteiger partial charge in [0, 0.05) is 44.5 Å². The van der Waals surface area contributed by atoms with Crippen LogP contribution < -0.4 is 5.32 Å². The van der Waals surface area contributed by atoms with E-state index in [0.717, 1.165) is 5.56 Å². The smallest absolute Gasteiger partial charge is 0.408 e. The summed E-state index contributed by atoms with van der Waals surface area (Å²) in [6, 6.07) is 6.41.